The maximum Gasteiger partial charge on any atom is 0.157 e. The Labute approximate surface area is 117 Å². The highest BCUT2D eigenvalue weighted by molar-refractivity contribution is 8.14. The first-order valence-electron chi connectivity index (χ1n) is 6.93. The number of nitrogens with one attached hydrogen (secondary N) is 1. The zero-order valence-electron chi connectivity index (χ0n) is 11.1. The number of halogens is 1. The fourth-order valence-electron chi connectivity index (χ4n) is 2.42. The molecule has 0 aromatic heterocycles. The molecule has 0 amide bonds. The van der Waals surface area contributed by atoms with E-state index in [4.69, 9.17) is 0 Å². The van der Waals surface area contributed by atoms with Crippen molar-refractivity contribution < 1.29 is 4.39 Å². The van der Waals surface area contributed by atoms with Crippen LogP contribution in [0, 0.1) is 11.7 Å². The Morgan fingerprint density at radius 1 is 1.37 bits per heavy atom. The first-order chi connectivity index (χ1) is 9.20. The van der Waals surface area contributed by atoms with Crippen LogP contribution in [0.1, 0.15) is 25.3 Å². The predicted molar refractivity (Wildman–Crippen MR) is 79.1 cm³/mol. The Morgan fingerprint density at radius 2 is 2.11 bits per heavy atom. The number of hydrogen-bond acceptors (Lipinski definition) is 3. The minimum Gasteiger partial charge on any atom is -0.362 e. The molecule has 1 aromatic rings. The van der Waals surface area contributed by atoms with Gasteiger partial charge in [-0.3, -0.25) is 4.99 Å². The van der Waals surface area contributed by atoms with Crippen LogP contribution in [0.2, 0.25) is 0 Å². The van der Waals surface area contributed by atoms with Gasteiger partial charge in [-0.15, -0.1) is 0 Å². The van der Waals surface area contributed by atoms with E-state index in [0.717, 1.165) is 29.6 Å². The molecule has 4 heteroatoms. The lowest BCUT2D eigenvalue weighted by Crippen LogP contribution is -2.31. The van der Waals surface area contributed by atoms with E-state index in [0.29, 0.717) is 11.3 Å². The summed E-state index contributed by atoms with van der Waals surface area (Å²) in [6, 6.07) is 7.07. The fourth-order valence-corrected chi connectivity index (χ4v) is 3.74. The molecule has 2 aliphatic rings. The van der Waals surface area contributed by atoms with Crippen molar-refractivity contribution in [2.75, 3.05) is 6.54 Å². The summed E-state index contributed by atoms with van der Waals surface area (Å²) >= 11 is 1.90. The highest BCUT2D eigenvalue weighted by Gasteiger charge is 2.35. The Morgan fingerprint density at radius 3 is 2.79 bits per heavy atom. The first kappa shape index (κ1) is 13.0. The van der Waals surface area contributed by atoms with Crippen molar-refractivity contribution in [2.45, 2.75) is 37.5 Å². The highest BCUT2D eigenvalue weighted by Crippen LogP contribution is 2.41. The molecule has 102 valence electrons. The van der Waals surface area contributed by atoms with E-state index in [1.165, 1.54) is 25.0 Å². The van der Waals surface area contributed by atoms with Crippen molar-refractivity contribution in [1.29, 1.82) is 0 Å². The van der Waals surface area contributed by atoms with Gasteiger partial charge in [-0.05, 0) is 49.8 Å². The number of rotatable bonds is 4. The second-order valence-electron chi connectivity index (χ2n) is 5.52. The van der Waals surface area contributed by atoms with Crippen molar-refractivity contribution in [3.63, 3.8) is 0 Å². The largest absolute Gasteiger partial charge is 0.362 e. The molecule has 0 bridgehead atoms. The highest BCUT2D eigenvalue weighted by atomic mass is 32.2. The molecule has 1 aliphatic heterocycles. The fraction of sp³-hybridized carbons (Fsp3) is 0.533. The molecule has 1 heterocycles. The van der Waals surface area contributed by atoms with Crippen molar-refractivity contribution in [1.82, 2.24) is 5.32 Å². The van der Waals surface area contributed by atoms with E-state index in [-0.39, 0.29) is 5.82 Å². The van der Waals surface area contributed by atoms with Crippen LogP contribution in [-0.2, 0) is 6.42 Å². The average Bonchev–Trinajstić information content (AvgIpc) is 3.14. The number of amidine groups is 1. The molecular weight excluding hydrogens is 259 g/mol. The third-order valence-electron chi connectivity index (χ3n) is 3.65. The minimum atomic E-state index is -0.174. The molecule has 0 saturated heterocycles. The molecule has 2 atom stereocenters. The normalized spacial score (nSPS) is 24.1. The van der Waals surface area contributed by atoms with Gasteiger partial charge in [-0.25, -0.2) is 4.39 Å². The zero-order valence-corrected chi connectivity index (χ0v) is 11.9. The first-order valence-corrected chi connectivity index (χ1v) is 7.81. The van der Waals surface area contributed by atoms with Gasteiger partial charge in [0.1, 0.15) is 5.82 Å². The molecule has 19 heavy (non-hydrogen) atoms. The van der Waals surface area contributed by atoms with E-state index in [1.807, 2.05) is 23.9 Å². The zero-order chi connectivity index (χ0) is 13.2. The van der Waals surface area contributed by atoms with Gasteiger partial charge in [0, 0.05) is 11.3 Å². The number of hydrogen-bond donors (Lipinski definition) is 1. The van der Waals surface area contributed by atoms with E-state index in [9.17, 15) is 4.39 Å². The van der Waals surface area contributed by atoms with Crippen LogP contribution in [0.15, 0.2) is 29.3 Å². The molecular formula is C15H19FN2S. The molecule has 1 fully saturated rings. The third-order valence-corrected chi connectivity index (χ3v) is 4.96. The molecule has 0 radical (unpaired) electrons. The van der Waals surface area contributed by atoms with Gasteiger partial charge in [0.2, 0.25) is 0 Å². The van der Waals surface area contributed by atoms with Crippen LogP contribution in [0.4, 0.5) is 4.39 Å². The molecule has 1 aliphatic carbocycles. The van der Waals surface area contributed by atoms with Crippen LogP contribution in [-0.4, -0.2) is 23.0 Å². The van der Waals surface area contributed by atoms with Gasteiger partial charge >= 0.3 is 0 Å². The Hall–Kier alpha value is -1.03. The van der Waals surface area contributed by atoms with E-state index >= 15 is 0 Å². The maximum atomic E-state index is 12.8. The number of nitrogens with zero attached hydrogens (tertiary/aromatic N) is 1. The van der Waals surface area contributed by atoms with Crippen LogP contribution in [0.3, 0.4) is 0 Å². The lowest BCUT2D eigenvalue weighted by molar-refractivity contribution is 0.623. The number of aliphatic imine (C=N–C) groups is 1. The SMILES string of the molecule is CC(Cc1ccc(F)cc1)NC1=NCC(C2CC2)S1. The van der Waals surface area contributed by atoms with Crippen molar-refractivity contribution in [3.05, 3.63) is 35.6 Å². The van der Waals surface area contributed by atoms with Crippen LogP contribution in [0.5, 0.6) is 0 Å². The Bertz CT molecular complexity index is 468. The Balaban J connectivity index is 1.48. The second kappa shape index (κ2) is 5.53. The second-order valence-corrected chi connectivity index (χ2v) is 6.74. The van der Waals surface area contributed by atoms with Gasteiger partial charge in [0.25, 0.3) is 0 Å². The smallest absolute Gasteiger partial charge is 0.157 e. The van der Waals surface area contributed by atoms with Crippen LogP contribution in [0.25, 0.3) is 0 Å². The summed E-state index contributed by atoms with van der Waals surface area (Å²) in [6.07, 6.45) is 3.66. The monoisotopic (exact) mass is 278 g/mol. The Kier molecular flexibility index (Phi) is 3.78. The molecule has 1 aromatic carbocycles. The average molecular weight is 278 g/mol. The summed E-state index contributed by atoms with van der Waals surface area (Å²) in [5.41, 5.74) is 1.16. The molecule has 1 saturated carbocycles. The summed E-state index contributed by atoms with van der Waals surface area (Å²) in [7, 11) is 0. The number of benzene rings is 1. The maximum absolute atomic E-state index is 12.8. The van der Waals surface area contributed by atoms with E-state index in [1.54, 1.807) is 0 Å². The van der Waals surface area contributed by atoms with E-state index < -0.39 is 0 Å². The molecule has 2 nitrogen and oxygen atoms in total. The van der Waals surface area contributed by atoms with Crippen molar-refractivity contribution in [3.8, 4) is 0 Å². The summed E-state index contributed by atoms with van der Waals surface area (Å²) in [6.45, 7) is 3.12. The van der Waals surface area contributed by atoms with E-state index in [2.05, 4.69) is 17.2 Å². The summed E-state index contributed by atoms with van der Waals surface area (Å²) in [4.78, 5) is 4.58. The lowest BCUT2D eigenvalue weighted by Gasteiger charge is -2.15. The number of thioether (sulfide) groups is 1. The molecule has 0 spiro atoms. The third kappa shape index (κ3) is 3.50. The topological polar surface area (TPSA) is 24.4 Å². The molecule has 2 unspecified atom stereocenters. The van der Waals surface area contributed by atoms with Gasteiger partial charge in [0.05, 0.1) is 6.54 Å². The van der Waals surface area contributed by atoms with Crippen LogP contribution >= 0.6 is 11.8 Å². The van der Waals surface area contributed by atoms with Gasteiger partial charge < -0.3 is 5.32 Å². The molecule has 1 N–H and O–H groups in total. The lowest BCUT2D eigenvalue weighted by atomic mass is 10.1. The van der Waals surface area contributed by atoms with Gasteiger partial charge in [-0.2, -0.15) is 0 Å². The summed E-state index contributed by atoms with van der Waals surface area (Å²) < 4.78 is 12.8. The summed E-state index contributed by atoms with van der Waals surface area (Å²) in [5, 5.41) is 5.27. The molecule has 3 rings (SSSR count). The van der Waals surface area contributed by atoms with Gasteiger partial charge in [-0.1, -0.05) is 23.9 Å². The predicted octanol–water partition coefficient (Wildman–Crippen LogP) is 3.23. The van der Waals surface area contributed by atoms with Crippen molar-refractivity contribution >= 4 is 16.9 Å². The van der Waals surface area contributed by atoms with Crippen LogP contribution < -0.4 is 5.32 Å². The minimum absolute atomic E-state index is 0.174. The quantitative estimate of drug-likeness (QED) is 0.914. The standard InChI is InChI=1S/C15H19FN2S/c1-10(8-11-2-6-13(16)7-3-11)18-15-17-9-14(19-15)12-4-5-12/h2-3,6-7,10,12,14H,4-5,8-9H2,1H3,(H,17,18). The summed E-state index contributed by atoms with van der Waals surface area (Å²) in [5.74, 6) is 0.729. The van der Waals surface area contributed by atoms with Gasteiger partial charge in [0.15, 0.2) is 5.17 Å². The van der Waals surface area contributed by atoms with Crippen molar-refractivity contribution in [2.24, 2.45) is 10.9 Å².